The maximum atomic E-state index is 11.9. The first kappa shape index (κ1) is 15.3. The molecule has 0 aliphatic carbocycles. The van der Waals surface area contributed by atoms with Gasteiger partial charge in [-0.25, -0.2) is 4.79 Å². The second-order valence-corrected chi connectivity index (χ2v) is 5.56. The Kier molecular flexibility index (Phi) is 5.15. The topological polar surface area (TPSA) is 60.3 Å². The summed E-state index contributed by atoms with van der Waals surface area (Å²) in [6.45, 7) is 6.26. The van der Waals surface area contributed by atoms with Crippen LogP contribution in [0, 0.1) is 5.41 Å². The summed E-state index contributed by atoms with van der Waals surface area (Å²) in [7, 11) is 1.33. The minimum Gasteiger partial charge on any atom is -0.467 e. The summed E-state index contributed by atoms with van der Waals surface area (Å²) >= 11 is 0. The van der Waals surface area contributed by atoms with Crippen molar-refractivity contribution in [1.29, 1.82) is 0 Å². The molecular formula is C14H22N2O3. The third-order valence-corrected chi connectivity index (χ3v) is 2.87. The quantitative estimate of drug-likeness (QED) is 0.823. The Morgan fingerprint density at radius 1 is 1.26 bits per heavy atom. The van der Waals surface area contributed by atoms with E-state index < -0.39 is 12.0 Å². The molecule has 1 amide bonds. The molecule has 19 heavy (non-hydrogen) atoms. The smallest absolute Gasteiger partial charge is 0.328 e. The van der Waals surface area contributed by atoms with Crippen LogP contribution < -0.4 is 5.32 Å². The van der Waals surface area contributed by atoms with E-state index in [9.17, 15) is 9.59 Å². The molecule has 106 valence electrons. The summed E-state index contributed by atoms with van der Waals surface area (Å²) in [5.74, 6) is -0.569. The number of methoxy groups -OCH3 is 1. The second-order valence-electron chi connectivity index (χ2n) is 5.56. The average Bonchev–Trinajstić information content (AvgIpc) is 2.84. The number of rotatable bonds is 5. The molecule has 0 aromatic carbocycles. The molecule has 0 aliphatic rings. The van der Waals surface area contributed by atoms with Crippen molar-refractivity contribution < 1.29 is 14.3 Å². The lowest BCUT2D eigenvalue weighted by atomic mass is 9.86. The summed E-state index contributed by atoms with van der Waals surface area (Å²) in [5, 5.41) is 2.74. The van der Waals surface area contributed by atoms with E-state index in [0.717, 1.165) is 0 Å². The molecule has 1 atom stereocenters. The molecule has 1 aromatic heterocycles. The first-order valence-corrected chi connectivity index (χ1v) is 6.32. The number of esters is 1. The number of carbonyl (C=O) groups is 2. The lowest BCUT2D eigenvalue weighted by molar-refractivity contribution is -0.148. The van der Waals surface area contributed by atoms with Gasteiger partial charge in [-0.1, -0.05) is 20.8 Å². The predicted molar refractivity (Wildman–Crippen MR) is 72.5 cm³/mol. The van der Waals surface area contributed by atoms with E-state index in [1.807, 2.05) is 49.9 Å². The van der Waals surface area contributed by atoms with Gasteiger partial charge in [-0.3, -0.25) is 4.79 Å². The standard InChI is InChI=1S/C14H22N2O3/c1-14(2,3)12(13(18)19-4)15-11(17)7-10-16-8-5-6-9-16/h5-6,8-9,12H,7,10H2,1-4H3,(H,15,17)/t12-/m1/s1. The fourth-order valence-corrected chi connectivity index (χ4v) is 1.73. The number of carbonyl (C=O) groups excluding carboxylic acids is 2. The van der Waals surface area contributed by atoms with Gasteiger partial charge in [0.25, 0.3) is 0 Å². The van der Waals surface area contributed by atoms with Crippen molar-refractivity contribution in [1.82, 2.24) is 9.88 Å². The highest BCUT2D eigenvalue weighted by Crippen LogP contribution is 2.20. The van der Waals surface area contributed by atoms with Crippen molar-refractivity contribution in [3.05, 3.63) is 24.5 Å². The molecule has 1 N–H and O–H groups in total. The maximum absolute atomic E-state index is 11.9. The monoisotopic (exact) mass is 266 g/mol. The Hall–Kier alpha value is -1.78. The van der Waals surface area contributed by atoms with Crippen LogP contribution in [0.1, 0.15) is 27.2 Å². The number of aromatic nitrogens is 1. The number of hydrogen-bond acceptors (Lipinski definition) is 3. The molecule has 0 fully saturated rings. The van der Waals surface area contributed by atoms with Crippen molar-refractivity contribution in [3.8, 4) is 0 Å². The Bertz CT molecular complexity index is 418. The van der Waals surface area contributed by atoms with Crippen LogP contribution in [0.25, 0.3) is 0 Å². The number of ether oxygens (including phenoxy) is 1. The van der Waals surface area contributed by atoms with E-state index in [2.05, 4.69) is 5.32 Å². The first-order valence-electron chi connectivity index (χ1n) is 6.32. The Morgan fingerprint density at radius 3 is 2.32 bits per heavy atom. The highest BCUT2D eigenvalue weighted by atomic mass is 16.5. The van der Waals surface area contributed by atoms with Gasteiger partial charge in [-0.15, -0.1) is 0 Å². The molecule has 0 radical (unpaired) electrons. The van der Waals surface area contributed by atoms with Crippen LogP contribution in [-0.2, 0) is 20.9 Å². The molecule has 0 aliphatic heterocycles. The Morgan fingerprint density at radius 2 is 1.84 bits per heavy atom. The SMILES string of the molecule is COC(=O)[C@@H](NC(=O)CCn1cccc1)C(C)(C)C. The average molecular weight is 266 g/mol. The van der Waals surface area contributed by atoms with Gasteiger partial charge in [0.2, 0.25) is 5.91 Å². The molecule has 0 saturated carbocycles. The van der Waals surface area contributed by atoms with Gasteiger partial charge in [-0.05, 0) is 17.5 Å². The third-order valence-electron chi connectivity index (χ3n) is 2.87. The van der Waals surface area contributed by atoms with Gasteiger partial charge in [0.1, 0.15) is 6.04 Å². The number of nitrogens with one attached hydrogen (secondary N) is 1. The molecule has 5 nitrogen and oxygen atoms in total. The zero-order valence-electron chi connectivity index (χ0n) is 12.0. The van der Waals surface area contributed by atoms with Crippen molar-refractivity contribution in [3.63, 3.8) is 0 Å². The molecule has 0 saturated heterocycles. The lowest BCUT2D eigenvalue weighted by Crippen LogP contribution is -2.49. The van der Waals surface area contributed by atoms with Crippen LogP contribution in [-0.4, -0.2) is 29.6 Å². The van der Waals surface area contributed by atoms with E-state index in [1.165, 1.54) is 7.11 Å². The highest BCUT2D eigenvalue weighted by molar-refractivity contribution is 5.84. The van der Waals surface area contributed by atoms with Crippen molar-refractivity contribution in [2.75, 3.05) is 7.11 Å². The molecule has 0 spiro atoms. The van der Waals surface area contributed by atoms with Crippen LogP contribution in [0.3, 0.4) is 0 Å². The van der Waals surface area contributed by atoms with Gasteiger partial charge in [-0.2, -0.15) is 0 Å². The summed E-state index contributed by atoms with van der Waals surface area (Å²) < 4.78 is 6.65. The van der Waals surface area contributed by atoms with Crippen molar-refractivity contribution in [2.24, 2.45) is 5.41 Å². The van der Waals surface area contributed by atoms with Crippen LogP contribution in [0.2, 0.25) is 0 Å². The zero-order chi connectivity index (χ0) is 14.5. The molecule has 1 heterocycles. The maximum Gasteiger partial charge on any atom is 0.328 e. The fraction of sp³-hybridized carbons (Fsp3) is 0.571. The zero-order valence-corrected chi connectivity index (χ0v) is 12.0. The Balaban J connectivity index is 2.54. The minimum atomic E-state index is -0.630. The van der Waals surface area contributed by atoms with E-state index in [1.54, 1.807) is 0 Å². The molecule has 0 unspecified atom stereocenters. The van der Waals surface area contributed by atoms with E-state index in [-0.39, 0.29) is 11.3 Å². The van der Waals surface area contributed by atoms with Crippen LogP contribution in [0.15, 0.2) is 24.5 Å². The Labute approximate surface area is 113 Å². The first-order chi connectivity index (χ1) is 8.84. The van der Waals surface area contributed by atoms with Crippen molar-refractivity contribution >= 4 is 11.9 Å². The van der Waals surface area contributed by atoms with Gasteiger partial charge < -0.3 is 14.6 Å². The second kappa shape index (κ2) is 6.41. The highest BCUT2D eigenvalue weighted by Gasteiger charge is 2.33. The van der Waals surface area contributed by atoms with E-state index >= 15 is 0 Å². The van der Waals surface area contributed by atoms with Crippen LogP contribution >= 0.6 is 0 Å². The van der Waals surface area contributed by atoms with Crippen LogP contribution in [0.4, 0.5) is 0 Å². The summed E-state index contributed by atoms with van der Waals surface area (Å²) in [6, 6.07) is 3.18. The number of nitrogens with zero attached hydrogens (tertiary/aromatic N) is 1. The van der Waals surface area contributed by atoms with Crippen LogP contribution in [0.5, 0.6) is 0 Å². The largest absolute Gasteiger partial charge is 0.467 e. The minimum absolute atomic E-state index is 0.154. The lowest BCUT2D eigenvalue weighted by Gasteiger charge is -2.29. The third kappa shape index (κ3) is 4.77. The summed E-state index contributed by atoms with van der Waals surface area (Å²) in [4.78, 5) is 23.6. The van der Waals surface area contributed by atoms with Gasteiger partial charge in [0.05, 0.1) is 7.11 Å². The number of aryl methyl sites for hydroxylation is 1. The number of amides is 1. The fourth-order valence-electron chi connectivity index (χ4n) is 1.73. The normalized spacial score (nSPS) is 12.8. The van der Waals surface area contributed by atoms with E-state index in [0.29, 0.717) is 13.0 Å². The van der Waals surface area contributed by atoms with E-state index in [4.69, 9.17) is 4.74 Å². The summed E-state index contributed by atoms with van der Waals surface area (Å²) in [5.41, 5.74) is -0.379. The molecular weight excluding hydrogens is 244 g/mol. The molecule has 1 aromatic rings. The number of hydrogen-bond donors (Lipinski definition) is 1. The van der Waals surface area contributed by atoms with Gasteiger partial charge in [0.15, 0.2) is 0 Å². The van der Waals surface area contributed by atoms with Gasteiger partial charge >= 0.3 is 5.97 Å². The molecule has 1 rings (SSSR count). The summed E-state index contributed by atoms with van der Waals surface area (Å²) in [6.07, 6.45) is 4.13. The molecule has 0 bridgehead atoms. The predicted octanol–water partition coefficient (Wildman–Crippen LogP) is 1.58. The van der Waals surface area contributed by atoms with Crippen molar-refractivity contribution in [2.45, 2.75) is 39.8 Å². The van der Waals surface area contributed by atoms with Gasteiger partial charge in [0, 0.05) is 25.4 Å². The molecule has 5 heteroatoms.